The number of benzene rings is 2. The van der Waals surface area contributed by atoms with Crippen molar-refractivity contribution < 1.29 is 27.8 Å². The first-order chi connectivity index (χ1) is 15.0. The summed E-state index contributed by atoms with van der Waals surface area (Å²) < 4.78 is 39.0. The molecule has 4 rings (SSSR count). The maximum atomic E-state index is 14.1. The summed E-state index contributed by atoms with van der Waals surface area (Å²) in [7, 11) is 0. The van der Waals surface area contributed by atoms with E-state index in [9.17, 15) is 18.4 Å². The molecule has 3 amide bonds. The fourth-order valence-corrected chi connectivity index (χ4v) is 3.76. The molecule has 2 aliphatic heterocycles. The molecule has 0 bridgehead atoms. The van der Waals surface area contributed by atoms with Gasteiger partial charge < -0.3 is 24.6 Å². The molecule has 2 aliphatic rings. The number of nitrogens with zero attached hydrogens (tertiary/aromatic N) is 2. The van der Waals surface area contributed by atoms with E-state index in [0.29, 0.717) is 31.8 Å². The second-order valence-corrected chi connectivity index (χ2v) is 7.53. The van der Waals surface area contributed by atoms with Crippen LogP contribution in [-0.2, 0) is 9.47 Å². The van der Waals surface area contributed by atoms with Crippen LogP contribution in [0.15, 0.2) is 48.5 Å². The molecule has 0 aromatic heterocycles. The molecule has 2 fully saturated rings. The molecular formula is C22H23F2N3O4. The summed E-state index contributed by atoms with van der Waals surface area (Å²) in [6.07, 6.45) is 0.587. The average molecular weight is 431 g/mol. The largest absolute Gasteiger partial charge is 0.347 e. The van der Waals surface area contributed by atoms with Crippen LogP contribution in [0.4, 0.5) is 19.3 Å². The fourth-order valence-electron chi connectivity index (χ4n) is 3.76. The molecular weight excluding hydrogens is 408 g/mol. The molecule has 2 saturated heterocycles. The van der Waals surface area contributed by atoms with E-state index in [1.165, 1.54) is 47.4 Å². The number of hydrogen-bond donors (Lipinski definition) is 1. The van der Waals surface area contributed by atoms with Gasteiger partial charge in [-0.15, -0.1) is 0 Å². The van der Waals surface area contributed by atoms with Gasteiger partial charge in [0.25, 0.3) is 5.91 Å². The number of carbonyl (C=O) groups excluding carboxylic acids is 2. The van der Waals surface area contributed by atoms with Gasteiger partial charge in [0.15, 0.2) is 0 Å². The van der Waals surface area contributed by atoms with Crippen molar-refractivity contribution in [1.82, 2.24) is 9.80 Å². The maximum Gasteiger partial charge on any atom is 0.322 e. The van der Waals surface area contributed by atoms with Gasteiger partial charge >= 0.3 is 6.03 Å². The Bertz CT molecular complexity index is 956. The van der Waals surface area contributed by atoms with Crippen LogP contribution in [-0.4, -0.2) is 66.9 Å². The monoisotopic (exact) mass is 431 g/mol. The minimum Gasteiger partial charge on any atom is -0.347 e. The predicted molar refractivity (Wildman–Crippen MR) is 109 cm³/mol. The standard InChI is InChI=1S/C22H23F2N3O4/c23-16-6-8-17(9-7-16)25-21(29)27-10-3-12-30-22(15-27)14-26(11-13-31-22)20(28)18-4-1-2-5-19(18)24/h1-2,4-9H,3,10-15H2,(H,25,29). The number of halogens is 2. The van der Waals surface area contributed by atoms with Gasteiger partial charge in [-0.3, -0.25) is 4.79 Å². The van der Waals surface area contributed by atoms with E-state index >= 15 is 0 Å². The molecule has 7 nitrogen and oxygen atoms in total. The molecule has 0 aliphatic carbocycles. The van der Waals surface area contributed by atoms with E-state index < -0.39 is 23.3 Å². The highest BCUT2D eigenvalue weighted by atomic mass is 19.1. The van der Waals surface area contributed by atoms with Gasteiger partial charge in [0.1, 0.15) is 11.6 Å². The molecule has 0 radical (unpaired) electrons. The summed E-state index contributed by atoms with van der Waals surface area (Å²) in [4.78, 5) is 28.7. The molecule has 1 spiro atoms. The Morgan fingerprint density at radius 1 is 0.903 bits per heavy atom. The predicted octanol–water partition coefficient (Wildman–Crippen LogP) is 3.09. The molecule has 1 atom stereocenters. The van der Waals surface area contributed by atoms with Gasteiger partial charge in [-0.05, 0) is 42.8 Å². The van der Waals surface area contributed by atoms with Crippen LogP contribution >= 0.6 is 0 Å². The van der Waals surface area contributed by atoms with Crippen LogP contribution in [0.25, 0.3) is 0 Å². The van der Waals surface area contributed by atoms with E-state index in [0.717, 1.165) is 0 Å². The summed E-state index contributed by atoms with van der Waals surface area (Å²) >= 11 is 0. The molecule has 9 heteroatoms. The summed E-state index contributed by atoms with van der Waals surface area (Å²) in [5.74, 6) is -2.63. The van der Waals surface area contributed by atoms with E-state index in [-0.39, 0.29) is 31.3 Å². The Morgan fingerprint density at radius 3 is 2.39 bits per heavy atom. The van der Waals surface area contributed by atoms with E-state index in [4.69, 9.17) is 9.47 Å². The van der Waals surface area contributed by atoms with Crippen molar-refractivity contribution in [1.29, 1.82) is 0 Å². The van der Waals surface area contributed by atoms with Crippen molar-refractivity contribution in [3.8, 4) is 0 Å². The molecule has 2 heterocycles. The van der Waals surface area contributed by atoms with Crippen molar-refractivity contribution in [3.05, 3.63) is 65.7 Å². The lowest BCUT2D eigenvalue weighted by Crippen LogP contribution is -2.60. The van der Waals surface area contributed by atoms with E-state index in [2.05, 4.69) is 5.32 Å². The first-order valence-electron chi connectivity index (χ1n) is 10.1. The second kappa shape index (κ2) is 8.99. The topological polar surface area (TPSA) is 71.1 Å². The lowest BCUT2D eigenvalue weighted by molar-refractivity contribution is -0.258. The maximum absolute atomic E-state index is 14.1. The van der Waals surface area contributed by atoms with Gasteiger partial charge in [0, 0.05) is 18.8 Å². The third-order valence-electron chi connectivity index (χ3n) is 5.30. The average Bonchev–Trinajstić information content (AvgIpc) is 2.98. The van der Waals surface area contributed by atoms with Gasteiger partial charge in [-0.25, -0.2) is 13.6 Å². The van der Waals surface area contributed by atoms with Crippen LogP contribution in [0.2, 0.25) is 0 Å². The third-order valence-corrected chi connectivity index (χ3v) is 5.30. The number of nitrogens with one attached hydrogen (secondary N) is 1. The van der Waals surface area contributed by atoms with Gasteiger partial charge in [0.2, 0.25) is 5.79 Å². The normalized spacial score (nSPS) is 21.6. The van der Waals surface area contributed by atoms with Gasteiger partial charge in [-0.2, -0.15) is 0 Å². The summed E-state index contributed by atoms with van der Waals surface area (Å²) in [6, 6.07) is 10.9. The first kappa shape index (κ1) is 21.2. The molecule has 164 valence electrons. The highest BCUT2D eigenvalue weighted by Gasteiger charge is 2.43. The Balaban J connectivity index is 1.47. The van der Waals surface area contributed by atoms with Crippen LogP contribution in [0.3, 0.4) is 0 Å². The van der Waals surface area contributed by atoms with Crippen molar-refractivity contribution in [3.63, 3.8) is 0 Å². The Labute approximate surface area is 178 Å². The molecule has 0 saturated carbocycles. The SMILES string of the molecule is O=C(Nc1ccc(F)cc1)N1CCCOC2(C1)CN(C(=O)c1ccccc1F)CCO2. The number of morpholine rings is 1. The van der Waals surface area contributed by atoms with E-state index in [1.807, 2.05) is 0 Å². The zero-order valence-electron chi connectivity index (χ0n) is 16.9. The zero-order valence-corrected chi connectivity index (χ0v) is 16.9. The highest BCUT2D eigenvalue weighted by molar-refractivity contribution is 5.94. The highest BCUT2D eigenvalue weighted by Crippen LogP contribution is 2.26. The van der Waals surface area contributed by atoms with Crippen molar-refractivity contribution in [2.24, 2.45) is 0 Å². The van der Waals surface area contributed by atoms with Gasteiger partial charge in [0.05, 0.1) is 31.9 Å². The number of carbonyl (C=O) groups is 2. The molecule has 2 aromatic carbocycles. The quantitative estimate of drug-likeness (QED) is 0.794. The fraction of sp³-hybridized carbons (Fsp3) is 0.364. The number of amides is 3. The lowest BCUT2D eigenvalue weighted by atomic mass is 10.1. The number of rotatable bonds is 2. The van der Waals surface area contributed by atoms with Gasteiger partial charge in [-0.1, -0.05) is 12.1 Å². The molecule has 1 unspecified atom stereocenters. The minimum atomic E-state index is -1.20. The van der Waals surface area contributed by atoms with Crippen molar-refractivity contribution in [2.75, 3.05) is 44.7 Å². The number of hydrogen-bond acceptors (Lipinski definition) is 4. The Morgan fingerprint density at radius 2 is 1.61 bits per heavy atom. The van der Waals surface area contributed by atoms with Crippen LogP contribution < -0.4 is 5.32 Å². The second-order valence-electron chi connectivity index (χ2n) is 7.53. The molecule has 2 aromatic rings. The van der Waals surface area contributed by atoms with Crippen LogP contribution in [0.1, 0.15) is 16.8 Å². The lowest BCUT2D eigenvalue weighted by Gasteiger charge is -2.43. The van der Waals surface area contributed by atoms with Crippen LogP contribution in [0, 0.1) is 11.6 Å². The number of urea groups is 1. The first-order valence-corrected chi connectivity index (χ1v) is 10.1. The third kappa shape index (κ3) is 4.83. The number of anilines is 1. The van der Waals surface area contributed by atoms with Crippen molar-refractivity contribution >= 4 is 17.6 Å². The minimum absolute atomic E-state index is 0.0147. The molecule has 31 heavy (non-hydrogen) atoms. The summed E-state index contributed by atoms with van der Waals surface area (Å²) in [5.41, 5.74) is 0.450. The zero-order chi connectivity index (χ0) is 21.8. The Kier molecular flexibility index (Phi) is 6.15. The summed E-state index contributed by atoms with van der Waals surface area (Å²) in [5, 5.41) is 2.73. The van der Waals surface area contributed by atoms with Crippen LogP contribution in [0.5, 0.6) is 0 Å². The Hall–Kier alpha value is -3.04. The number of ether oxygens (including phenoxy) is 2. The smallest absolute Gasteiger partial charge is 0.322 e. The summed E-state index contributed by atoms with van der Waals surface area (Å²) in [6.45, 7) is 1.44. The molecule has 1 N–H and O–H groups in total. The van der Waals surface area contributed by atoms with E-state index in [1.54, 1.807) is 11.0 Å². The van der Waals surface area contributed by atoms with Crippen molar-refractivity contribution in [2.45, 2.75) is 12.2 Å².